The molecule has 2 aromatic heterocycles. The van der Waals surface area contributed by atoms with Crippen LogP contribution < -0.4 is 15.2 Å². The Bertz CT molecular complexity index is 1550. The second-order valence-electron chi connectivity index (χ2n) is 7.96. The summed E-state index contributed by atoms with van der Waals surface area (Å²) in [5.41, 5.74) is 7.18. The summed E-state index contributed by atoms with van der Waals surface area (Å²) < 4.78 is 35.6. The molecule has 9 nitrogen and oxygen atoms in total. The number of nitrogen functional groups attached to an aromatic ring is 1. The van der Waals surface area contributed by atoms with Gasteiger partial charge in [0, 0.05) is 27.8 Å². The van der Waals surface area contributed by atoms with Crippen LogP contribution in [0.4, 0.5) is 11.5 Å². The van der Waals surface area contributed by atoms with Gasteiger partial charge in [0.1, 0.15) is 23.5 Å². The molecule has 0 spiro atoms. The first-order chi connectivity index (χ1) is 16.5. The lowest BCUT2D eigenvalue weighted by atomic mass is 10.0. The van der Waals surface area contributed by atoms with Crippen molar-refractivity contribution < 1.29 is 17.9 Å². The lowest BCUT2D eigenvalue weighted by Crippen LogP contribution is -2.14. The van der Waals surface area contributed by atoms with Crippen molar-refractivity contribution in [3.05, 3.63) is 70.1 Å². The molecule has 0 atom stereocenters. The first-order valence-corrected chi connectivity index (χ1v) is 12.6. The molecule has 0 bridgehead atoms. The van der Waals surface area contributed by atoms with Crippen LogP contribution in [-0.4, -0.2) is 35.8 Å². The molecule has 3 N–H and O–H groups in total. The van der Waals surface area contributed by atoms with Crippen molar-refractivity contribution >= 4 is 61.5 Å². The Morgan fingerprint density at radius 1 is 1.11 bits per heavy atom. The fourth-order valence-electron chi connectivity index (χ4n) is 3.65. The van der Waals surface area contributed by atoms with Gasteiger partial charge in [0.2, 0.25) is 0 Å². The van der Waals surface area contributed by atoms with Crippen molar-refractivity contribution in [3.63, 3.8) is 0 Å². The third kappa shape index (κ3) is 4.77. The minimum absolute atomic E-state index is 0.0103. The van der Waals surface area contributed by atoms with E-state index in [-0.39, 0.29) is 49.6 Å². The second-order valence-corrected chi connectivity index (χ2v) is 10.5. The number of anilines is 2. The molecule has 35 heavy (non-hydrogen) atoms. The highest BCUT2D eigenvalue weighted by molar-refractivity contribution is 7.92. The third-order valence-corrected chi connectivity index (χ3v) is 7.07. The number of nitrogens with two attached hydrogens (primary N) is 1. The van der Waals surface area contributed by atoms with Crippen LogP contribution in [-0.2, 0) is 10.0 Å². The van der Waals surface area contributed by atoms with Gasteiger partial charge in [-0.15, -0.1) is 0 Å². The molecule has 2 aromatic carbocycles. The van der Waals surface area contributed by atoms with Gasteiger partial charge in [0.05, 0.1) is 28.6 Å². The van der Waals surface area contributed by atoms with Gasteiger partial charge in [-0.25, -0.2) is 18.4 Å². The van der Waals surface area contributed by atoms with Crippen molar-refractivity contribution in [1.82, 2.24) is 14.5 Å². The Morgan fingerprint density at radius 2 is 1.80 bits per heavy atom. The van der Waals surface area contributed by atoms with Crippen molar-refractivity contribution in [3.8, 4) is 5.75 Å². The fraction of sp³-hybridized carbons (Fsp3) is 0.174. The normalized spacial score (nSPS) is 11.7. The van der Waals surface area contributed by atoms with Crippen molar-refractivity contribution in [2.75, 3.05) is 17.6 Å². The standard InChI is InChI=1S/C23H21Cl2N5O4S/c1-12(2)30-10-17(20-22(26)27-11-28-23(20)30)21(31)13-4-5-19(34-3)18(6-13)29-35(32,33)16-8-14(24)7-15(25)9-16/h4-12,29H,1-3H3,(H2,26,27,28). The molecule has 182 valence electrons. The Balaban J connectivity index is 1.79. The molecule has 0 fully saturated rings. The van der Waals surface area contributed by atoms with E-state index in [1.54, 1.807) is 6.20 Å². The summed E-state index contributed by atoms with van der Waals surface area (Å²) in [5.74, 6) is 0.000491. The summed E-state index contributed by atoms with van der Waals surface area (Å²) in [6.45, 7) is 3.91. The number of methoxy groups -OCH3 is 1. The number of hydrogen-bond donors (Lipinski definition) is 2. The summed E-state index contributed by atoms with van der Waals surface area (Å²) in [7, 11) is -2.71. The summed E-state index contributed by atoms with van der Waals surface area (Å²) in [6.07, 6.45) is 3.01. The average Bonchev–Trinajstić information content (AvgIpc) is 3.19. The first kappa shape index (κ1) is 24.8. The number of halogens is 2. The first-order valence-electron chi connectivity index (χ1n) is 10.3. The molecule has 0 radical (unpaired) electrons. The van der Waals surface area contributed by atoms with Gasteiger partial charge in [0.15, 0.2) is 5.78 Å². The summed E-state index contributed by atoms with van der Waals surface area (Å²) in [5, 5.41) is 0.753. The number of aromatic nitrogens is 3. The van der Waals surface area contributed by atoms with Gasteiger partial charge in [-0.05, 0) is 50.2 Å². The van der Waals surface area contributed by atoms with E-state index in [1.807, 2.05) is 18.4 Å². The van der Waals surface area contributed by atoms with Crippen LogP contribution in [0, 0.1) is 0 Å². The summed E-state index contributed by atoms with van der Waals surface area (Å²) in [4.78, 5) is 21.7. The van der Waals surface area contributed by atoms with Crippen LogP contribution in [0.25, 0.3) is 11.0 Å². The van der Waals surface area contributed by atoms with Gasteiger partial charge in [-0.2, -0.15) is 0 Å². The number of benzene rings is 2. The van der Waals surface area contributed by atoms with E-state index in [0.717, 1.165) is 0 Å². The van der Waals surface area contributed by atoms with Crippen LogP contribution in [0.5, 0.6) is 5.75 Å². The highest BCUT2D eigenvalue weighted by atomic mass is 35.5. The van der Waals surface area contributed by atoms with Crippen LogP contribution in [0.2, 0.25) is 10.0 Å². The maximum Gasteiger partial charge on any atom is 0.262 e. The molecule has 0 aliphatic carbocycles. The number of carbonyl (C=O) groups is 1. The maximum atomic E-state index is 13.5. The molecule has 2 heterocycles. The topological polar surface area (TPSA) is 129 Å². The molecule has 4 rings (SSSR count). The quantitative estimate of drug-likeness (QED) is 0.321. The molecule has 4 aromatic rings. The molecule has 0 saturated heterocycles. The van der Waals surface area contributed by atoms with Gasteiger partial charge < -0.3 is 15.0 Å². The summed E-state index contributed by atoms with van der Waals surface area (Å²) in [6, 6.07) is 8.39. The van der Waals surface area contributed by atoms with Gasteiger partial charge in [-0.1, -0.05) is 23.2 Å². The Morgan fingerprint density at radius 3 is 2.43 bits per heavy atom. The number of nitrogens with zero attached hydrogens (tertiary/aromatic N) is 3. The van der Waals surface area contributed by atoms with E-state index in [9.17, 15) is 13.2 Å². The zero-order chi connectivity index (χ0) is 25.5. The predicted molar refractivity (Wildman–Crippen MR) is 136 cm³/mol. The molecule has 0 saturated carbocycles. The van der Waals surface area contributed by atoms with Crippen molar-refractivity contribution in [2.45, 2.75) is 24.8 Å². The lowest BCUT2D eigenvalue weighted by molar-refractivity contribution is 0.104. The Hall–Kier alpha value is -3.34. The molecule has 12 heteroatoms. The molecular weight excluding hydrogens is 513 g/mol. The Kier molecular flexibility index (Phi) is 6.63. The van der Waals surface area contributed by atoms with E-state index in [0.29, 0.717) is 16.6 Å². The summed E-state index contributed by atoms with van der Waals surface area (Å²) >= 11 is 11.9. The number of rotatable bonds is 7. The minimum Gasteiger partial charge on any atom is -0.495 e. The van der Waals surface area contributed by atoms with Crippen LogP contribution in [0.15, 0.2) is 53.8 Å². The van der Waals surface area contributed by atoms with Crippen LogP contribution in [0.1, 0.15) is 35.8 Å². The molecule has 0 aliphatic rings. The third-order valence-electron chi connectivity index (χ3n) is 5.29. The molecular formula is C23H21Cl2N5O4S. The van der Waals surface area contributed by atoms with Crippen molar-refractivity contribution in [2.24, 2.45) is 0 Å². The van der Waals surface area contributed by atoms with Crippen LogP contribution >= 0.6 is 23.2 Å². The van der Waals surface area contributed by atoms with Gasteiger partial charge >= 0.3 is 0 Å². The number of ketones is 1. The minimum atomic E-state index is -4.10. The van der Waals surface area contributed by atoms with Gasteiger partial charge in [0.25, 0.3) is 10.0 Å². The fourth-order valence-corrected chi connectivity index (χ4v) is 5.43. The number of fused-ring (bicyclic) bond motifs is 1. The molecule has 0 amide bonds. The smallest absolute Gasteiger partial charge is 0.262 e. The van der Waals surface area contributed by atoms with E-state index >= 15 is 0 Å². The number of hydrogen-bond acceptors (Lipinski definition) is 7. The maximum absolute atomic E-state index is 13.5. The highest BCUT2D eigenvalue weighted by Gasteiger charge is 2.24. The van der Waals surface area contributed by atoms with Crippen molar-refractivity contribution in [1.29, 1.82) is 0 Å². The SMILES string of the molecule is COc1ccc(C(=O)c2cn(C(C)C)c3ncnc(N)c23)cc1NS(=O)(=O)c1cc(Cl)cc(Cl)c1. The zero-order valence-corrected chi connectivity index (χ0v) is 21.2. The number of carbonyl (C=O) groups excluding carboxylic acids is 1. The lowest BCUT2D eigenvalue weighted by Gasteiger charge is -2.14. The molecule has 0 aliphatic heterocycles. The average molecular weight is 534 g/mol. The predicted octanol–water partition coefficient (Wildman–Crippen LogP) is 4.94. The monoisotopic (exact) mass is 533 g/mol. The largest absolute Gasteiger partial charge is 0.495 e. The number of sulfonamides is 1. The number of ether oxygens (including phenoxy) is 1. The van der Waals surface area contributed by atoms with E-state index in [2.05, 4.69) is 14.7 Å². The van der Waals surface area contributed by atoms with E-state index in [4.69, 9.17) is 33.7 Å². The molecule has 0 unspecified atom stereocenters. The zero-order valence-electron chi connectivity index (χ0n) is 18.9. The Labute approximate surface area is 211 Å². The van der Waals surface area contributed by atoms with E-state index < -0.39 is 10.0 Å². The van der Waals surface area contributed by atoms with E-state index in [1.165, 1.54) is 49.8 Å². The number of nitrogens with one attached hydrogen (secondary N) is 1. The van der Waals surface area contributed by atoms with Gasteiger partial charge in [-0.3, -0.25) is 9.52 Å². The highest BCUT2D eigenvalue weighted by Crippen LogP contribution is 2.33. The van der Waals surface area contributed by atoms with Crippen LogP contribution in [0.3, 0.4) is 0 Å². The second kappa shape index (κ2) is 9.37.